The van der Waals surface area contributed by atoms with Crippen LogP contribution in [0.1, 0.15) is 31.7 Å². The first-order valence-corrected chi connectivity index (χ1v) is 7.80. The van der Waals surface area contributed by atoms with Crippen LogP contribution in [0.4, 0.5) is 24.5 Å². The van der Waals surface area contributed by atoms with Crippen LogP contribution in [0, 0.1) is 5.92 Å². The number of carbonyl (C=O) groups is 1. The normalized spacial score (nSPS) is 15.6. The summed E-state index contributed by atoms with van der Waals surface area (Å²) in [5.41, 5.74) is 5.52. The smallest absolute Gasteiger partial charge is 0.370 e. The number of rotatable bonds is 4. The van der Waals surface area contributed by atoms with Crippen molar-refractivity contribution in [2.24, 2.45) is 11.7 Å². The lowest BCUT2D eigenvalue weighted by molar-refractivity contribution is -0.137. The highest BCUT2D eigenvalue weighted by molar-refractivity contribution is 5.96. The Kier molecular flexibility index (Phi) is 9.61. The van der Waals surface area contributed by atoms with Gasteiger partial charge >= 0.3 is 6.18 Å². The minimum atomic E-state index is -4.45. The van der Waals surface area contributed by atoms with Gasteiger partial charge in [0.1, 0.15) is 0 Å². The second kappa shape index (κ2) is 10.1. The molecule has 1 aliphatic heterocycles. The lowest BCUT2D eigenvalue weighted by Crippen LogP contribution is -2.32. The first-order valence-electron chi connectivity index (χ1n) is 7.80. The van der Waals surface area contributed by atoms with E-state index in [0.29, 0.717) is 5.69 Å². The van der Waals surface area contributed by atoms with Gasteiger partial charge in [-0.15, -0.1) is 24.8 Å². The second-order valence-corrected chi connectivity index (χ2v) is 5.90. The van der Waals surface area contributed by atoms with E-state index in [1.54, 1.807) is 6.92 Å². The molecule has 1 aromatic rings. The summed E-state index contributed by atoms with van der Waals surface area (Å²) in [4.78, 5) is 14.1. The van der Waals surface area contributed by atoms with E-state index >= 15 is 0 Å². The van der Waals surface area contributed by atoms with Gasteiger partial charge in [0, 0.05) is 25.6 Å². The molecule has 1 aromatic carbocycles. The number of hydrogen-bond acceptors (Lipinski definition) is 3. The van der Waals surface area contributed by atoms with Gasteiger partial charge in [0.15, 0.2) is 0 Å². The number of piperidine rings is 1. The molecule has 1 amide bonds. The molecule has 25 heavy (non-hydrogen) atoms. The maximum absolute atomic E-state index is 13.0. The number of carbonyl (C=O) groups excluding carboxylic acids is 1. The molecule has 1 saturated heterocycles. The zero-order chi connectivity index (χ0) is 17.0. The van der Waals surface area contributed by atoms with Crippen LogP contribution in [0.25, 0.3) is 0 Å². The fraction of sp³-hybridized carbons (Fsp3) is 0.562. The monoisotopic (exact) mass is 401 g/mol. The molecule has 0 aromatic heterocycles. The molecule has 9 heteroatoms. The third-order valence-electron chi connectivity index (χ3n) is 4.08. The Morgan fingerprint density at radius 3 is 2.36 bits per heavy atom. The summed E-state index contributed by atoms with van der Waals surface area (Å²) >= 11 is 0. The van der Waals surface area contributed by atoms with Crippen LogP contribution in [0.15, 0.2) is 18.2 Å². The predicted molar refractivity (Wildman–Crippen MR) is 98.9 cm³/mol. The molecule has 144 valence electrons. The van der Waals surface area contributed by atoms with Crippen molar-refractivity contribution in [3.8, 4) is 0 Å². The van der Waals surface area contributed by atoms with Crippen LogP contribution in [0.2, 0.25) is 0 Å². The van der Waals surface area contributed by atoms with Crippen molar-refractivity contribution in [2.75, 3.05) is 29.9 Å². The molecule has 0 bridgehead atoms. The number of amides is 1. The highest BCUT2D eigenvalue weighted by Crippen LogP contribution is 2.36. The van der Waals surface area contributed by atoms with Crippen molar-refractivity contribution in [1.29, 1.82) is 0 Å². The molecule has 1 atom stereocenters. The summed E-state index contributed by atoms with van der Waals surface area (Å²) in [6, 6.07) is 3.51. The summed E-state index contributed by atoms with van der Waals surface area (Å²) in [5, 5.41) is 2.61. The Morgan fingerprint density at radius 1 is 1.24 bits per heavy atom. The van der Waals surface area contributed by atoms with E-state index in [1.165, 1.54) is 6.07 Å². The maximum Gasteiger partial charge on any atom is 0.416 e. The van der Waals surface area contributed by atoms with E-state index in [4.69, 9.17) is 5.73 Å². The summed E-state index contributed by atoms with van der Waals surface area (Å²) in [5.74, 6) is -0.830. The molecule has 1 aliphatic rings. The molecule has 0 radical (unpaired) electrons. The number of halogens is 5. The van der Waals surface area contributed by atoms with Crippen molar-refractivity contribution in [3.63, 3.8) is 0 Å². The van der Waals surface area contributed by atoms with Gasteiger partial charge in [-0.25, -0.2) is 0 Å². The second-order valence-electron chi connectivity index (χ2n) is 5.90. The van der Waals surface area contributed by atoms with Crippen LogP contribution in [0.5, 0.6) is 0 Å². The molecule has 4 nitrogen and oxygen atoms in total. The Hall–Kier alpha value is -1.18. The number of nitrogens with one attached hydrogen (secondary N) is 1. The van der Waals surface area contributed by atoms with Gasteiger partial charge in [0.25, 0.3) is 0 Å². The molecular weight excluding hydrogens is 378 g/mol. The van der Waals surface area contributed by atoms with E-state index in [2.05, 4.69) is 5.32 Å². The lowest BCUT2D eigenvalue weighted by Gasteiger charge is -2.31. The Bertz CT molecular complexity index is 564. The van der Waals surface area contributed by atoms with Gasteiger partial charge in [-0.3, -0.25) is 4.79 Å². The highest BCUT2D eigenvalue weighted by atomic mass is 35.5. The van der Waals surface area contributed by atoms with Gasteiger partial charge < -0.3 is 16.0 Å². The zero-order valence-electron chi connectivity index (χ0n) is 13.9. The molecule has 1 unspecified atom stereocenters. The van der Waals surface area contributed by atoms with Gasteiger partial charge in [-0.05, 0) is 37.5 Å². The van der Waals surface area contributed by atoms with E-state index in [9.17, 15) is 18.0 Å². The molecule has 2 rings (SSSR count). The van der Waals surface area contributed by atoms with Crippen LogP contribution < -0.4 is 16.0 Å². The van der Waals surface area contributed by atoms with E-state index in [0.717, 1.165) is 44.5 Å². The molecule has 0 aliphatic carbocycles. The van der Waals surface area contributed by atoms with Crippen molar-refractivity contribution < 1.29 is 18.0 Å². The first kappa shape index (κ1) is 23.8. The van der Waals surface area contributed by atoms with Crippen LogP contribution in [0.3, 0.4) is 0 Å². The fourth-order valence-electron chi connectivity index (χ4n) is 2.59. The van der Waals surface area contributed by atoms with Crippen molar-refractivity contribution >= 4 is 42.1 Å². The summed E-state index contributed by atoms with van der Waals surface area (Å²) in [6.07, 6.45) is -1.34. The van der Waals surface area contributed by atoms with Gasteiger partial charge in [0.2, 0.25) is 5.91 Å². The quantitative estimate of drug-likeness (QED) is 0.798. The minimum Gasteiger partial charge on any atom is -0.370 e. The number of alkyl halides is 3. The van der Waals surface area contributed by atoms with Gasteiger partial charge in [-0.1, -0.05) is 6.92 Å². The van der Waals surface area contributed by atoms with Crippen LogP contribution in [-0.4, -0.2) is 25.5 Å². The van der Waals surface area contributed by atoms with Crippen molar-refractivity contribution in [3.05, 3.63) is 23.8 Å². The SMILES string of the molecule is CC(CN)C(=O)Nc1cc(C(F)(F)F)ccc1N1CCCCC1.Cl.Cl. The largest absolute Gasteiger partial charge is 0.416 e. The number of nitrogens with zero attached hydrogens (tertiary/aromatic N) is 1. The Morgan fingerprint density at radius 2 is 1.84 bits per heavy atom. The van der Waals surface area contributed by atoms with Crippen LogP contribution >= 0.6 is 24.8 Å². The number of anilines is 2. The lowest BCUT2D eigenvalue weighted by atomic mass is 10.1. The summed E-state index contributed by atoms with van der Waals surface area (Å²) in [6.45, 7) is 3.34. The molecule has 0 saturated carbocycles. The Balaban J connectivity index is 0.00000288. The van der Waals surface area contributed by atoms with E-state index in [1.807, 2.05) is 4.90 Å². The van der Waals surface area contributed by atoms with Gasteiger partial charge in [0.05, 0.1) is 16.9 Å². The fourth-order valence-corrected chi connectivity index (χ4v) is 2.59. The Labute approximate surface area is 158 Å². The number of nitrogens with two attached hydrogens (primary N) is 1. The summed E-state index contributed by atoms with van der Waals surface area (Å²) in [7, 11) is 0. The third kappa shape index (κ3) is 6.24. The number of hydrogen-bond donors (Lipinski definition) is 2. The topological polar surface area (TPSA) is 58.4 Å². The molecule has 1 fully saturated rings. The van der Waals surface area contributed by atoms with Gasteiger partial charge in [-0.2, -0.15) is 13.2 Å². The molecule has 1 heterocycles. The average molecular weight is 402 g/mol. The van der Waals surface area contributed by atoms with E-state index in [-0.39, 0.29) is 43.0 Å². The minimum absolute atomic E-state index is 0. The first-order chi connectivity index (χ1) is 10.8. The third-order valence-corrected chi connectivity index (χ3v) is 4.08. The molecule has 3 N–H and O–H groups in total. The number of benzene rings is 1. The van der Waals surface area contributed by atoms with Crippen LogP contribution in [-0.2, 0) is 11.0 Å². The van der Waals surface area contributed by atoms with E-state index < -0.39 is 17.7 Å². The zero-order valence-corrected chi connectivity index (χ0v) is 15.6. The van der Waals surface area contributed by atoms with Crippen molar-refractivity contribution in [2.45, 2.75) is 32.4 Å². The maximum atomic E-state index is 13.0. The standard InChI is InChI=1S/C16H22F3N3O.2ClH/c1-11(10-20)15(23)21-13-9-12(16(17,18)19)5-6-14(13)22-7-3-2-4-8-22;;/h5-6,9,11H,2-4,7-8,10,20H2,1H3,(H,21,23);2*1H. The predicted octanol–water partition coefficient (Wildman–Crippen LogP) is 4.07. The molecular formula is C16H24Cl2F3N3O. The van der Waals surface area contributed by atoms with Crippen molar-refractivity contribution in [1.82, 2.24) is 0 Å². The molecule has 0 spiro atoms. The highest BCUT2D eigenvalue weighted by Gasteiger charge is 2.32. The average Bonchev–Trinajstić information content (AvgIpc) is 2.54. The summed E-state index contributed by atoms with van der Waals surface area (Å²) < 4.78 is 38.9.